The van der Waals surface area contributed by atoms with Crippen molar-refractivity contribution in [2.45, 2.75) is 38.6 Å². The Bertz CT molecular complexity index is 794. The summed E-state index contributed by atoms with van der Waals surface area (Å²) in [4.78, 5) is 31.3. The molecule has 1 aromatic heterocycles. The molecule has 0 spiro atoms. The topological polar surface area (TPSA) is 62.3 Å². The Morgan fingerprint density at radius 2 is 2.00 bits per heavy atom. The minimum atomic E-state index is -0.169. The van der Waals surface area contributed by atoms with E-state index in [1.54, 1.807) is 23.3 Å². The Labute approximate surface area is 158 Å². The van der Waals surface area contributed by atoms with E-state index in [1.165, 1.54) is 0 Å². The predicted molar refractivity (Wildman–Crippen MR) is 105 cm³/mol. The Balaban J connectivity index is 1.77. The number of para-hydroxylation sites is 1. The lowest BCUT2D eigenvalue weighted by Gasteiger charge is -2.29. The van der Waals surface area contributed by atoms with Crippen molar-refractivity contribution >= 4 is 33.4 Å². The number of nitrogens with zero attached hydrogens (tertiary/aromatic N) is 2. The van der Waals surface area contributed by atoms with Gasteiger partial charge in [-0.1, -0.05) is 24.3 Å². The van der Waals surface area contributed by atoms with E-state index in [2.05, 4.69) is 23.5 Å². The molecule has 0 saturated carbocycles. The van der Waals surface area contributed by atoms with E-state index in [0.29, 0.717) is 6.42 Å². The van der Waals surface area contributed by atoms with Gasteiger partial charge in [0.25, 0.3) is 0 Å². The molecular formula is C20H25N3O2S. The van der Waals surface area contributed by atoms with Gasteiger partial charge in [0.15, 0.2) is 0 Å². The molecule has 1 N–H and O–H groups in total. The third-order valence-electron chi connectivity index (χ3n) is 4.58. The van der Waals surface area contributed by atoms with E-state index >= 15 is 0 Å². The molecule has 0 fully saturated rings. The fourth-order valence-corrected chi connectivity index (χ4v) is 4.50. The van der Waals surface area contributed by atoms with Crippen LogP contribution in [0.5, 0.6) is 0 Å². The van der Waals surface area contributed by atoms with Crippen LogP contribution >= 0.6 is 11.3 Å². The number of nitrogens with one attached hydrogen (secondary N) is 1. The number of likely N-dealkylation sites (N-methyl/N-ethyl adjacent to an activating group) is 1. The number of aromatic nitrogens is 1. The molecule has 1 aromatic carbocycles. The molecule has 6 heteroatoms. The standard InChI is InChI=1S/C20H25N3O2S/c1-13(2)21-18(24)12-23(3)20(25)15-9-5-4-8-14(15)19-22-16-10-6-7-11-17(16)26-19/h4-7,10-11,13-15H,8-9,12H2,1-3H3,(H,21,24)/t14-,15-/m1/s1. The number of rotatable bonds is 5. The predicted octanol–water partition coefficient (Wildman–Crippen LogP) is 3.33. The lowest BCUT2D eigenvalue weighted by Crippen LogP contribution is -2.44. The molecule has 0 aliphatic heterocycles. The normalized spacial score (nSPS) is 19.7. The second-order valence-corrected chi connectivity index (χ2v) is 8.15. The third-order valence-corrected chi connectivity index (χ3v) is 5.75. The molecule has 26 heavy (non-hydrogen) atoms. The Morgan fingerprint density at radius 3 is 2.73 bits per heavy atom. The fraction of sp³-hybridized carbons (Fsp3) is 0.450. The van der Waals surface area contributed by atoms with Crippen molar-refractivity contribution in [1.82, 2.24) is 15.2 Å². The molecule has 1 aliphatic carbocycles. The zero-order valence-corrected chi connectivity index (χ0v) is 16.3. The summed E-state index contributed by atoms with van der Waals surface area (Å²) in [5, 5.41) is 3.84. The molecule has 138 valence electrons. The van der Waals surface area contributed by atoms with E-state index in [9.17, 15) is 9.59 Å². The van der Waals surface area contributed by atoms with Crippen LogP contribution in [0.15, 0.2) is 36.4 Å². The van der Waals surface area contributed by atoms with Crippen LogP contribution < -0.4 is 5.32 Å². The van der Waals surface area contributed by atoms with Crippen molar-refractivity contribution in [3.63, 3.8) is 0 Å². The first-order chi connectivity index (χ1) is 12.5. The van der Waals surface area contributed by atoms with Crippen molar-refractivity contribution in [2.75, 3.05) is 13.6 Å². The van der Waals surface area contributed by atoms with Gasteiger partial charge in [-0.25, -0.2) is 4.98 Å². The number of benzene rings is 1. The van der Waals surface area contributed by atoms with E-state index in [4.69, 9.17) is 4.98 Å². The molecule has 0 radical (unpaired) electrons. The van der Waals surface area contributed by atoms with Gasteiger partial charge < -0.3 is 10.2 Å². The van der Waals surface area contributed by atoms with Gasteiger partial charge in [-0.15, -0.1) is 11.3 Å². The first-order valence-corrected chi connectivity index (χ1v) is 9.82. The second kappa shape index (κ2) is 7.99. The largest absolute Gasteiger partial charge is 0.352 e. The summed E-state index contributed by atoms with van der Waals surface area (Å²) in [6.07, 6.45) is 5.69. The van der Waals surface area contributed by atoms with Crippen molar-refractivity contribution < 1.29 is 9.59 Å². The van der Waals surface area contributed by atoms with Crippen LogP contribution in [0.3, 0.4) is 0 Å². The van der Waals surface area contributed by atoms with Gasteiger partial charge in [-0.3, -0.25) is 9.59 Å². The highest BCUT2D eigenvalue weighted by atomic mass is 32.1. The molecule has 1 aliphatic rings. The third kappa shape index (κ3) is 4.12. The first kappa shape index (κ1) is 18.6. The van der Waals surface area contributed by atoms with Crippen LogP contribution in [0.2, 0.25) is 0 Å². The number of carbonyl (C=O) groups excluding carboxylic acids is 2. The summed E-state index contributed by atoms with van der Waals surface area (Å²) in [7, 11) is 1.70. The van der Waals surface area contributed by atoms with E-state index in [0.717, 1.165) is 21.6 Å². The summed E-state index contributed by atoms with van der Waals surface area (Å²) in [5.74, 6) is -0.214. The number of hydrogen-bond acceptors (Lipinski definition) is 4. The zero-order valence-electron chi connectivity index (χ0n) is 15.4. The molecule has 1 heterocycles. The van der Waals surface area contributed by atoms with Crippen molar-refractivity contribution in [1.29, 1.82) is 0 Å². The molecule has 2 atom stereocenters. The number of amides is 2. The molecule has 0 saturated heterocycles. The SMILES string of the molecule is CC(C)NC(=O)CN(C)C(=O)[C@@H]1CC=CC[C@H]1c1nc2ccccc2s1. The molecule has 0 bridgehead atoms. The summed E-state index contributed by atoms with van der Waals surface area (Å²) >= 11 is 1.66. The van der Waals surface area contributed by atoms with Crippen LogP contribution in [0.25, 0.3) is 10.2 Å². The summed E-state index contributed by atoms with van der Waals surface area (Å²) < 4.78 is 1.15. The molecule has 0 unspecified atom stereocenters. The van der Waals surface area contributed by atoms with E-state index in [1.807, 2.05) is 32.0 Å². The number of carbonyl (C=O) groups is 2. The van der Waals surface area contributed by atoms with Crippen LogP contribution in [-0.4, -0.2) is 41.3 Å². The monoisotopic (exact) mass is 371 g/mol. The highest BCUT2D eigenvalue weighted by molar-refractivity contribution is 7.18. The highest BCUT2D eigenvalue weighted by Crippen LogP contribution is 2.39. The second-order valence-electron chi connectivity index (χ2n) is 7.09. The quantitative estimate of drug-likeness (QED) is 0.820. The van der Waals surface area contributed by atoms with Gasteiger partial charge in [-0.05, 0) is 38.8 Å². The van der Waals surface area contributed by atoms with Gasteiger partial charge in [0.05, 0.1) is 27.7 Å². The van der Waals surface area contributed by atoms with Crippen LogP contribution in [-0.2, 0) is 9.59 Å². The molecule has 5 nitrogen and oxygen atoms in total. The molecule has 2 aromatic rings. The van der Waals surface area contributed by atoms with E-state index < -0.39 is 0 Å². The minimum Gasteiger partial charge on any atom is -0.352 e. The minimum absolute atomic E-state index is 0.0116. The maximum atomic E-state index is 13.0. The van der Waals surface area contributed by atoms with Crippen LogP contribution in [0.1, 0.15) is 37.6 Å². The Kier molecular flexibility index (Phi) is 5.71. The van der Waals surface area contributed by atoms with Gasteiger partial charge in [-0.2, -0.15) is 0 Å². The zero-order chi connectivity index (χ0) is 18.7. The number of hydrogen-bond donors (Lipinski definition) is 1. The van der Waals surface area contributed by atoms with Crippen molar-refractivity contribution in [3.8, 4) is 0 Å². The summed E-state index contributed by atoms with van der Waals surface area (Å²) in [6, 6.07) is 8.13. The maximum Gasteiger partial charge on any atom is 0.239 e. The van der Waals surface area contributed by atoms with Gasteiger partial charge in [0.1, 0.15) is 0 Å². The molecular weight excluding hydrogens is 346 g/mol. The maximum absolute atomic E-state index is 13.0. The lowest BCUT2D eigenvalue weighted by atomic mass is 9.82. The summed E-state index contributed by atoms with van der Waals surface area (Å²) in [5.41, 5.74) is 0.984. The molecule has 2 amide bonds. The Morgan fingerprint density at radius 1 is 1.27 bits per heavy atom. The summed E-state index contributed by atoms with van der Waals surface area (Å²) in [6.45, 7) is 3.91. The lowest BCUT2D eigenvalue weighted by molar-refractivity contribution is -0.138. The highest BCUT2D eigenvalue weighted by Gasteiger charge is 2.34. The van der Waals surface area contributed by atoms with Crippen molar-refractivity contribution in [2.24, 2.45) is 5.92 Å². The number of thiazole rings is 1. The Hall–Kier alpha value is -2.21. The smallest absolute Gasteiger partial charge is 0.239 e. The fourth-order valence-electron chi connectivity index (χ4n) is 3.35. The van der Waals surface area contributed by atoms with Crippen LogP contribution in [0, 0.1) is 5.92 Å². The number of allylic oxidation sites excluding steroid dienone is 2. The molecule has 3 rings (SSSR count). The average Bonchev–Trinajstić information content (AvgIpc) is 3.04. The van der Waals surface area contributed by atoms with Gasteiger partial charge in [0.2, 0.25) is 11.8 Å². The first-order valence-electron chi connectivity index (χ1n) is 9.00. The van der Waals surface area contributed by atoms with Crippen molar-refractivity contribution in [3.05, 3.63) is 41.4 Å². The van der Waals surface area contributed by atoms with Gasteiger partial charge in [0, 0.05) is 19.0 Å². The number of fused-ring (bicyclic) bond motifs is 1. The average molecular weight is 372 g/mol. The van der Waals surface area contributed by atoms with E-state index in [-0.39, 0.29) is 36.2 Å². The van der Waals surface area contributed by atoms with Gasteiger partial charge >= 0.3 is 0 Å². The van der Waals surface area contributed by atoms with Crippen LogP contribution in [0.4, 0.5) is 0 Å².